The van der Waals surface area contributed by atoms with Crippen LogP contribution in [0.4, 0.5) is 0 Å². The van der Waals surface area contributed by atoms with Gasteiger partial charge in [0.15, 0.2) is 5.43 Å². The van der Waals surface area contributed by atoms with Crippen LogP contribution < -0.4 is 10.2 Å². The summed E-state index contributed by atoms with van der Waals surface area (Å²) in [5.41, 5.74) is 2.23. The van der Waals surface area contributed by atoms with Crippen LogP contribution in [-0.2, 0) is 11.2 Å². The molecular weight excluding hydrogens is 382 g/mol. The SMILES string of the molecule is CCOC(=O)c1cn2c(cc1=O)-c1cc(Cl)c(OCCO)cc1CC2C(C)C. The molecule has 7 heteroatoms. The van der Waals surface area contributed by atoms with Crippen molar-refractivity contribution in [3.8, 4) is 17.0 Å². The van der Waals surface area contributed by atoms with E-state index in [4.69, 9.17) is 26.2 Å². The van der Waals surface area contributed by atoms with Crippen molar-refractivity contribution < 1.29 is 19.4 Å². The summed E-state index contributed by atoms with van der Waals surface area (Å²) in [6, 6.07) is 5.18. The highest BCUT2D eigenvalue weighted by molar-refractivity contribution is 6.32. The summed E-state index contributed by atoms with van der Waals surface area (Å²) < 4.78 is 12.5. The number of esters is 1. The third kappa shape index (κ3) is 3.80. The standard InChI is InChI=1S/C21H24ClNO5/c1-4-27-21(26)15-11-23-17(12(2)3)7-13-8-20(28-6-5-24)16(22)9-14(13)18(23)10-19(15)25/h8-12,17,24H,4-7H2,1-3H3. The predicted octanol–water partition coefficient (Wildman–Crippen LogP) is 3.47. The molecule has 1 N–H and O–H groups in total. The van der Waals surface area contributed by atoms with Crippen LogP contribution in [0.3, 0.4) is 0 Å². The first-order chi connectivity index (χ1) is 13.4. The second kappa shape index (κ2) is 8.37. The van der Waals surface area contributed by atoms with Gasteiger partial charge in [-0.15, -0.1) is 0 Å². The number of rotatable bonds is 6. The molecule has 0 amide bonds. The van der Waals surface area contributed by atoms with Crippen LogP contribution in [-0.4, -0.2) is 35.5 Å². The summed E-state index contributed by atoms with van der Waals surface area (Å²) in [6.07, 6.45) is 2.31. The molecule has 1 unspecified atom stereocenters. The van der Waals surface area contributed by atoms with Crippen molar-refractivity contribution in [2.24, 2.45) is 5.92 Å². The van der Waals surface area contributed by atoms with Gasteiger partial charge >= 0.3 is 5.97 Å². The second-order valence-electron chi connectivity index (χ2n) is 7.09. The van der Waals surface area contributed by atoms with E-state index in [2.05, 4.69) is 13.8 Å². The number of halogens is 1. The van der Waals surface area contributed by atoms with Crippen molar-refractivity contribution in [2.75, 3.05) is 19.8 Å². The van der Waals surface area contributed by atoms with Crippen molar-refractivity contribution >= 4 is 17.6 Å². The molecule has 0 spiro atoms. The molecule has 28 heavy (non-hydrogen) atoms. The lowest BCUT2D eigenvalue weighted by atomic mass is 9.87. The molecule has 2 heterocycles. The summed E-state index contributed by atoms with van der Waals surface area (Å²) in [5.74, 6) is 0.166. The Morgan fingerprint density at radius 1 is 1.36 bits per heavy atom. The van der Waals surface area contributed by atoms with Crippen LogP contribution in [0.15, 0.2) is 29.2 Å². The molecule has 0 saturated carbocycles. The van der Waals surface area contributed by atoms with E-state index < -0.39 is 5.97 Å². The molecule has 2 aromatic rings. The third-order valence-electron chi connectivity index (χ3n) is 4.91. The second-order valence-corrected chi connectivity index (χ2v) is 7.50. The Morgan fingerprint density at radius 2 is 2.11 bits per heavy atom. The number of aliphatic hydroxyl groups excluding tert-OH is 1. The highest BCUT2D eigenvalue weighted by atomic mass is 35.5. The van der Waals surface area contributed by atoms with E-state index in [1.165, 1.54) is 6.07 Å². The fourth-order valence-corrected chi connectivity index (χ4v) is 3.77. The minimum Gasteiger partial charge on any atom is -0.490 e. The number of aliphatic hydroxyl groups is 1. The number of carbonyl (C=O) groups is 1. The van der Waals surface area contributed by atoms with Crippen LogP contribution in [0.5, 0.6) is 5.75 Å². The molecule has 6 nitrogen and oxygen atoms in total. The molecule has 3 rings (SSSR count). The van der Waals surface area contributed by atoms with Crippen LogP contribution in [0.25, 0.3) is 11.3 Å². The fourth-order valence-electron chi connectivity index (χ4n) is 3.55. The maximum atomic E-state index is 12.6. The number of benzene rings is 1. The summed E-state index contributed by atoms with van der Waals surface area (Å²) in [6.45, 7) is 6.17. The Morgan fingerprint density at radius 3 is 2.75 bits per heavy atom. The number of fused-ring (bicyclic) bond motifs is 3. The average Bonchev–Trinajstić information content (AvgIpc) is 2.65. The molecule has 0 aliphatic carbocycles. The Hall–Kier alpha value is -2.31. The number of nitrogens with zero attached hydrogens (tertiary/aromatic N) is 1. The molecule has 1 atom stereocenters. The first kappa shape index (κ1) is 20.4. The Bertz CT molecular complexity index is 951. The third-order valence-corrected chi connectivity index (χ3v) is 5.21. The van der Waals surface area contributed by atoms with Gasteiger partial charge in [0.25, 0.3) is 0 Å². The van der Waals surface area contributed by atoms with Gasteiger partial charge in [-0.2, -0.15) is 0 Å². The monoisotopic (exact) mass is 405 g/mol. The predicted molar refractivity (Wildman–Crippen MR) is 107 cm³/mol. The molecule has 0 saturated heterocycles. The van der Waals surface area contributed by atoms with Gasteiger partial charge in [-0.3, -0.25) is 4.79 Å². The number of pyridine rings is 1. The first-order valence-electron chi connectivity index (χ1n) is 9.37. The van der Waals surface area contributed by atoms with Crippen LogP contribution in [0, 0.1) is 5.92 Å². The van der Waals surface area contributed by atoms with Gasteiger partial charge in [0.1, 0.15) is 17.9 Å². The molecular formula is C21H24ClNO5. The lowest BCUT2D eigenvalue weighted by molar-refractivity contribution is 0.0523. The van der Waals surface area contributed by atoms with Crippen molar-refractivity contribution in [3.05, 3.63) is 50.8 Å². The van der Waals surface area contributed by atoms with Gasteiger partial charge in [0.05, 0.1) is 23.9 Å². The van der Waals surface area contributed by atoms with E-state index >= 15 is 0 Å². The zero-order chi connectivity index (χ0) is 20.4. The lowest BCUT2D eigenvalue weighted by Crippen LogP contribution is -2.28. The largest absolute Gasteiger partial charge is 0.490 e. The van der Waals surface area contributed by atoms with Crippen LogP contribution >= 0.6 is 11.6 Å². The first-order valence-corrected chi connectivity index (χ1v) is 9.74. The summed E-state index contributed by atoms with van der Waals surface area (Å²) >= 11 is 6.36. The maximum absolute atomic E-state index is 12.6. The molecule has 0 bridgehead atoms. The molecule has 150 valence electrons. The zero-order valence-corrected chi connectivity index (χ0v) is 17.0. The van der Waals surface area contributed by atoms with Gasteiger partial charge in [0.2, 0.25) is 0 Å². The van der Waals surface area contributed by atoms with Crippen LogP contribution in [0.2, 0.25) is 5.02 Å². The summed E-state index contributed by atoms with van der Waals surface area (Å²) in [4.78, 5) is 24.8. The van der Waals surface area contributed by atoms with Crippen molar-refractivity contribution in [1.82, 2.24) is 4.57 Å². The zero-order valence-electron chi connectivity index (χ0n) is 16.2. The van der Waals surface area contributed by atoms with Gasteiger partial charge in [-0.25, -0.2) is 4.79 Å². The van der Waals surface area contributed by atoms with Crippen molar-refractivity contribution in [2.45, 2.75) is 33.2 Å². The summed E-state index contributed by atoms with van der Waals surface area (Å²) in [5, 5.41) is 9.40. The average molecular weight is 406 g/mol. The van der Waals surface area contributed by atoms with E-state index in [-0.39, 0.29) is 42.8 Å². The molecule has 0 fully saturated rings. The minimum atomic E-state index is -0.609. The molecule has 1 aliphatic rings. The Labute approximate surface area is 168 Å². The van der Waals surface area contributed by atoms with Crippen molar-refractivity contribution in [1.29, 1.82) is 0 Å². The fraction of sp³-hybridized carbons (Fsp3) is 0.429. The van der Waals surface area contributed by atoms with Crippen molar-refractivity contribution in [3.63, 3.8) is 0 Å². The number of hydrogen-bond acceptors (Lipinski definition) is 5. The van der Waals surface area contributed by atoms with E-state index in [0.717, 1.165) is 11.1 Å². The van der Waals surface area contributed by atoms with E-state index in [9.17, 15) is 9.59 Å². The van der Waals surface area contributed by atoms with E-state index in [1.54, 1.807) is 19.2 Å². The van der Waals surface area contributed by atoms with Gasteiger partial charge in [-0.1, -0.05) is 25.4 Å². The van der Waals surface area contributed by atoms with Crippen LogP contribution in [0.1, 0.15) is 42.7 Å². The molecule has 0 radical (unpaired) electrons. The lowest BCUT2D eigenvalue weighted by Gasteiger charge is -2.33. The summed E-state index contributed by atoms with van der Waals surface area (Å²) in [7, 11) is 0. The van der Waals surface area contributed by atoms with E-state index in [1.807, 2.05) is 10.6 Å². The topological polar surface area (TPSA) is 77.8 Å². The molecule has 1 aromatic heterocycles. The number of aromatic nitrogens is 1. The van der Waals surface area contributed by atoms with Gasteiger partial charge < -0.3 is 19.1 Å². The number of hydrogen-bond donors (Lipinski definition) is 1. The Balaban J connectivity index is 2.16. The quantitative estimate of drug-likeness (QED) is 0.744. The Kier molecular flexibility index (Phi) is 6.10. The minimum absolute atomic E-state index is 0.0358. The molecule has 1 aromatic carbocycles. The normalized spacial score (nSPS) is 15.1. The number of ether oxygens (including phenoxy) is 2. The highest BCUT2D eigenvalue weighted by Gasteiger charge is 2.29. The molecule has 1 aliphatic heterocycles. The number of carbonyl (C=O) groups excluding carboxylic acids is 1. The highest BCUT2D eigenvalue weighted by Crippen LogP contribution is 2.41. The van der Waals surface area contributed by atoms with E-state index in [0.29, 0.717) is 22.9 Å². The van der Waals surface area contributed by atoms with Gasteiger partial charge in [0, 0.05) is 23.9 Å². The smallest absolute Gasteiger partial charge is 0.343 e. The maximum Gasteiger partial charge on any atom is 0.343 e. The van der Waals surface area contributed by atoms with Gasteiger partial charge in [-0.05, 0) is 37.0 Å².